The van der Waals surface area contributed by atoms with E-state index in [2.05, 4.69) is 22.1 Å². The van der Waals surface area contributed by atoms with E-state index < -0.39 is 0 Å². The van der Waals surface area contributed by atoms with E-state index in [1.165, 1.54) is 5.56 Å². The van der Waals surface area contributed by atoms with Crippen LogP contribution in [0.3, 0.4) is 0 Å². The summed E-state index contributed by atoms with van der Waals surface area (Å²) in [6.45, 7) is 10.4. The smallest absolute Gasteiger partial charge is 0.254 e. The normalized spacial score (nSPS) is 18.2. The van der Waals surface area contributed by atoms with Crippen LogP contribution in [0, 0.1) is 13.8 Å². The fourth-order valence-corrected chi connectivity index (χ4v) is 3.72. The standard InChI is InChI=1S/C20H27N5O2/c1-15-4-5-17(12-16(15)2)20(26)24-6-3-7-25-19(14-24)18(21-22-25)13-23-8-10-27-11-9-23/h4-5,12H,3,6-11,13-14H2,1-2H3. The molecule has 0 bridgehead atoms. The average Bonchev–Trinajstić information content (AvgIpc) is 2.92. The number of nitrogens with zero attached hydrogens (tertiary/aromatic N) is 5. The van der Waals surface area contributed by atoms with Crippen molar-refractivity contribution in [2.45, 2.75) is 39.9 Å². The molecule has 7 nitrogen and oxygen atoms in total. The van der Waals surface area contributed by atoms with E-state index in [-0.39, 0.29) is 5.91 Å². The van der Waals surface area contributed by atoms with Gasteiger partial charge in [0.1, 0.15) is 5.69 Å². The third-order valence-electron chi connectivity index (χ3n) is 5.57. The van der Waals surface area contributed by atoms with Gasteiger partial charge in [-0.15, -0.1) is 5.10 Å². The van der Waals surface area contributed by atoms with E-state index in [4.69, 9.17) is 4.74 Å². The number of benzene rings is 1. The first kappa shape index (κ1) is 18.1. The molecule has 2 aliphatic rings. The summed E-state index contributed by atoms with van der Waals surface area (Å²) in [6.07, 6.45) is 0.893. The Kier molecular flexibility index (Phi) is 5.22. The summed E-state index contributed by atoms with van der Waals surface area (Å²) in [7, 11) is 0. The van der Waals surface area contributed by atoms with Gasteiger partial charge in [0.2, 0.25) is 0 Å². The molecule has 144 valence electrons. The minimum atomic E-state index is 0.0880. The average molecular weight is 369 g/mol. The molecule has 1 fully saturated rings. The van der Waals surface area contributed by atoms with Crippen LogP contribution in [-0.2, 0) is 24.4 Å². The molecule has 0 N–H and O–H groups in total. The number of fused-ring (bicyclic) bond motifs is 1. The van der Waals surface area contributed by atoms with Gasteiger partial charge in [0.15, 0.2) is 0 Å². The van der Waals surface area contributed by atoms with Crippen LogP contribution in [0.15, 0.2) is 18.2 Å². The zero-order valence-corrected chi connectivity index (χ0v) is 16.1. The van der Waals surface area contributed by atoms with Crippen LogP contribution in [0.5, 0.6) is 0 Å². The van der Waals surface area contributed by atoms with E-state index in [9.17, 15) is 4.79 Å². The van der Waals surface area contributed by atoms with Gasteiger partial charge in [-0.1, -0.05) is 11.3 Å². The maximum atomic E-state index is 13.1. The van der Waals surface area contributed by atoms with Gasteiger partial charge in [-0.3, -0.25) is 9.69 Å². The lowest BCUT2D eigenvalue weighted by Gasteiger charge is -2.26. The molecule has 1 aromatic carbocycles. The lowest BCUT2D eigenvalue weighted by molar-refractivity contribution is 0.0334. The summed E-state index contributed by atoms with van der Waals surface area (Å²) in [6, 6.07) is 5.95. The van der Waals surface area contributed by atoms with Crippen molar-refractivity contribution in [2.24, 2.45) is 0 Å². The molecule has 2 aliphatic heterocycles. The number of morpholine rings is 1. The SMILES string of the molecule is Cc1ccc(C(=O)N2CCCn3nnc(CN4CCOCC4)c3C2)cc1C. The molecular formula is C20H27N5O2. The first-order valence-corrected chi connectivity index (χ1v) is 9.69. The molecule has 0 aliphatic carbocycles. The monoisotopic (exact) mass is 369 g/mol. The number of amides is 1. The van der Waals surface area contributed by atoms with E-state index in [0.717, 1.165) is 74.9 Å². The van der Waals surface area contributed by atoms with Gasteiger partial charge < -0.3 is 9.64 Å². The van der Waals surface area contributed by atoms with Crippen molar-refractivity contribution in [3.8, 4) is 0 Å². The summed E-state index contributed by atoms with van der Waals surface area (Å²) in [4.78, 5) is 17.4. The fourth-order valence-electron chi connectivity index (χ4n) is 3.72. The molecule has 3 heterocycles. The highest BCUT2D eigenvalue weighted by Gasteiger charge is 2.25. The van der Waals surface area contributed by atoms with Gasteiger partial charge in [-0.25, -0.2) is 4.68 Å². The first-order valence-electron chi connectivity index (χ1n) is 9.69. The van der Waals surface area contributed by atoms with Gasteiger partial charge in [-0.05, 0) is 43.5 Å². The topological polar surface area (TPSA) is 63.5 Å². The lowest BCUT2D eigenvalue weighted by Crippen LogP contribution is -2.36. The molecule has 0 radical (unpaired) electrons. The molecule has 2 aromatic rings. The lowest BCUT2D eigenvalue weighted by atomic mass is 10.1. The van der Waals surface area contributed by atoms with Crippen molar-refractivity contribution in [1.29, 1.82) is 0 Å². The van der Waals surface area contributed by atoms with Crippen LogP contribution in [0.25, 0.3) is 0 Å². The molecule has 0 unspecified atom stereocenters. The molecule has 1 aromatic heterocycles. The van der Waals surface area contributed by atoms with Gasteiger partial charge >= 0.3 is 0 Å². The second kappa shape index (κ2) is 7.78. The Bertz CT molecular complexity index is 826. The number of rotatable bonds is 3. The summed E-state index contributed by atoms with van der Waals surface area (Å²) in [5.74, 6) is 0.0880. The molecule has 7 heteroatoms. The predicted molar refractivity (Wildman–Crippen MR) is 101 cm³/mol. The van der Waals surface area contributed by atoms with Crippen LogP contribution in [0.1, 0.15) is 39.3 Å². The van der Waals surface area contributed by atoms with E-state index in [1.807, 2.05) is 34.7 Å². The number of aryl methyl sites for hydroxylation is 3. The summed E-state index contributed by atoms with van der Waals surface area (Å²) < 4.78 is 7.41. The van der Waals surface area contributed by atoms with E-state index in [1.54, 1.807) is 0 Å². The van der Waals surface area contributed by atoms with E-state index >= 15 is 0 Å². The maximum Gasteiger partial charge on any atom is 0.254 e. The Morgan fingerprint density at radius 2 is 1.93 bits per heavy atom. The summed E-state index contributed by atoms with van der Waals surface area (Å²) in [5.41, 5.74) is 5.16. The number of aromatic nitrogens is 3. The van der Waals surface area contributed by atoms with Crippen molar-refractivity contribution in [3.05, 3.63) is 46.3 Å². The first-order chi connectivity index (χ1) is 13.1. The van der Waals surface area contributed by atoms with Crippen molar-refractivity contribution < 1.29 is 9.53 Å². The third kappa shape index (κ3) is 3.89. The molecular weight excluding hydrogens is 342 g/mol. The highest BCUT2D eigenvalue weighted by atomic mass is 16.5. The Hall–Kier alpha value is -2.25. The second-order valence-electron chi connectivity index (χ2n) is 7.47. The van der Waals surface area contributed by atoms with Crippen molar-refractivity contribution in [1.82, 2.24) is 24.8 Å². The molecule has 0 spiro atoms. The molecule has 27 heavy (non-hydrogen) atoms. The Morgan fingerprint density at radius 1 is 1.11 bits per heavy atom. The molecule has 0 atom stereocenters. The largest absolute Gasteiger partial charge is 0.379 e. The van der Waals surface area contributed by atoms with Crippen LogP contribution in [-0.4, -0.2) is 63.5 Å². The Labute approximate surface area is 159 Å². The summed E-state index contributed by atoms with van der Waals surface area (Å²) >= 11 is 0. The van der Waals surface area contributed by atoms with Crippen molar-refractivity contribution in [2.75, 3.05) is 32.8 Å². The second-order valence-corrected chi connectivity index (χ2v) is 7.47. The number of ether oxygens (including phenoxy) is 1. The fraction of sp³-hybridized carbons (Fsp3) is 0.550. The van der Waals surface area contributed by atoms with E-state index in [0.29, 0.717) is 6.54 Å². The van der Waals surface area contributed by atoms with Crippen LogP contribution >= 0.6 is 0 Å². The van der Waals surface area contributed by atoms with Crippen molar-refractivity contribution >= 4 is 5.91 Å². The number of carbonyl (C=O) groups excluding carboxylic acids is 1. The van der Waals surface area contributed by atoms with Gasteiger partial charge in [0.25, 0.3) is 5.91 Å². The predicted octanol–water partition coefficient (Wildman–Crippen LogP) is 1.77. The van der Waals surface area contributed by atoms with Gasteiger partial charge in [0.05, 0.1) is 25.5 Å². The molecule has 1 amide bonds. The molecule has 4 rings (SSSR count). The molecule has 0 saturated carbocycles. The molecule has 1 saturated heterocycles. The van der Waals surface area contributed by atoms with Crippen LogP contribution in [0.2, 0.25) is 0 Å². The highest BCUT2D eigenvalue weighted by molar-refractivity contribution is 5.94. The zero-order valence-electron chi connectivity index (χ0n) is 16.1. The number of hydrogen-bond acceptors (Lipinski definition) is 5. The Morgan fingerprint density at radius 3 is 2.70 bits per heavy atom. The third-order valence-corrected chi connectivity index (χ3v) is 5.57. The highest BCUT2D eigenvalue weighted by Crippen LogP contribution is 2.20. The minimum Gasteiger partial charge on any atom is -0.379 e. The van der Waals surface area contributed by atoms with Gasteiger partial charge in [-0.2, -0.15) is 0 Å². The van der Waals surface area contributed by atoms with Crippen molar-refractivity contribution in [3.63, 3.8) is 0 Å². The van der Waals surface area contributed by atoms with Gasteiger partial charge in [0, 0.05) is 38.3 Å². The maximum absolute atomic E-state index is 13.1. The van der Waals surface area contributed by atoms with Crippen LogP contribution in [0.4, 0.5) is 0 Å². The zero-order chi connectivity index (χ0) is 18.8. The van der Waals surface area contributed by atoms with Crippen LogP contribution < -0.4 is 0 Å². The Balaban J connectivity index is 1.53. The number of hydrogen-bond donors (Lipinski definition) is 0. The quantitative estimate of drug-likeness (QED) is 0.825. The number of carbonyl (C=O) groups is 1. The minimum absolute atomic E-state index is 0.0880. The summed E-state index contributed by atoms with van der Waals surface area (Å²) in [5, 5.41) is 8.76.